The number of esters is 2. The third kappa shape index (κ3) is 8.05. The number of nitrogens with zero attached hydrogens (tertiary/aromatic N) is 3. The van der Waals surface area contributed by atoms with Gasteiger partial charge in [0.25, 0.3) is 0 Å². The van der Waals surface area contributed by atoms with Gasteiger partial charge in [-0.15, -0.1) is 0 Å². The van der Waals surface area contributed by atoms with E-state index in [0.29, 0.717) is 33.2 Å². The van der Waals surface area contributed by atoms with Crippen LogP contribution in [0.4, 0.5) is 0 Å². The Hall–Kier alpha value is -4.90. The smallest absolute Gasteiger partial charge is 0.302 e. The number of carbonyl (C=O) groups excluding carboxylic acids is 2. The van der Waals surface area contributed by atoms with Crippen LogP contribution >= 0.6 is 11.6 Å². The molecule has 0 spiro atoms. The molecule has 0 saturated carbocycles. The molecule has 0 atom stereocenters. The first kappa shape index (κ1) is 29.1. The Morgan fingerprint density at radius 1 is 0.659 bits per heavy atom. The zero-order valence-corrected chi connectivity index (χ0v) is 22.9. The first-order valence-electron chi connectivity index (χ1n) is 12.4. The van der Waals surface area contributed by atoms with Gasteiger partial charge in [-0.05, 0) is 48.5 Å². The van der Waals surface area contributed by atoms with Crippen molar-refractivity contribution >= 4 is 23.5 Å². The molecule has 0 amide bonds. The minimum absolute atomic E-state index is 0.0681. The summed E-state index contributed by atoms with van der Waals surface area (Å²) >= 11 is 6.05. The van der Waals surface area contributed by atoms with Crippen LogP contribution in [0.25, 0.3) is 34.2 Å². The average Bonchev–Trinajstić information content (AvgIpc) is 2.93. The summed E-state index contributed by atoms with van der Waals surface area (Å²) in [6.07, 6.45) is 0. The molecule has 0 radical (unpaired) electrons. The van der Waals surface area contributed by atoms with E-state index in [-0.39, 0.29) is 55.4 Å². The molecule has 4 rings (SSSR count). The van der Waals surface area contributed by atoms with Gasteiger partial charge in [0.15, 0.2) is 17.5 Å². The number of aromatic hydroxyl groups is 2. The molecule has 0 aliphatic carbocycles. The highest BCUT2D eigenvalue weighted by molar-refractivity contribution is 6.30. The van der Waals surface area contributed by atoms with E-state index in [9.17, 15) is 19.8 Å². The number of ether oxygens (including phenoxy) is 4. The van der Waals surface area contributed by atoms with Crippen molar-refractivity contribution in [3.63, 3.8) is 0 Å². The molecule has 0 saturated heterocycles. The van der Waals surface area contributed by atoms with Crippen molar-refractivity contribution in [3.05, 3.63) is 65.7 Å². The van der Waals surface area contributed by atoms with Crippen molar-refractivity contribution in [2.45, 2.75) is 13.8 Å². The lowest BCUT2D eigenvalue weighted by Gasteiger charge is -2.12. The summed E-state index contributed by atoms with van der Waals surface area (Å²) in [5.74, 6) is 0.131. The fourth-order valence-electron chi connectivity index (χ4n) is 3.62. The highest BCUT2D eigenvalue weighted by atomic mass is 35.5. The van der Waals surface area contributed by atoms with Gasteiger partial charge in [0.05, 0.1) is 11.1 Å². The van der Waals surface area contributed by atoms with Crippen LogP contribution in [0.15, 0.2) is 60.7 Å². The van der Waals surface area contributed by atoms with E-state index in [4.69, 9.17) is 30.5 Å². The molecular formula is C29H26ClN3O8. The van der Waals surface area contributed by atoms with Crippen molar-refractivity contribution in [2.24, 2.45) is 0 Å². The maximum Gasteiger partial charge on any atom is 0.302 e. The Morgan fingerprint density at radius 3 is 1.51 bits per heavy atom. The molecule has 4 aromatic rings. The SMILES string of the molecule is CC(=O)OCCOc1ccc(-c2nc(-c3ccc(Cl)cc3)nc(-c3ccc(OCCOC(C)=O)cc3O)n2)c(O)c1. The van der Waals surface area contributed by atoms with Crippen LogP contribution in [-0.4, -0.2) is 63.5 Å². The predicted molar refractivity (Wildman–Crippen MR) is 149 cm³/mol. The fourth-order valence-corrected chi connectivity index (χ4v) is 3.74. The molecule has 11 nitrogen and oxygen atoms in total. The maximum absolute atomic E-state index is 10.9. The van der Waals surface area contributed by atoms with Crippen molar-refractivity contribution < 1.29 is 38.7 Å². The van der Waals surface area contributed by atoms with Gasteiger partial charge in [-0.25, -0.2) is 15.0 Å². The van der Waals surface area contributed by atoms with Crippen LogP contribution in [0.5, 0.6) is 23.0 Å². The normalized spacial score (nSPS) is 10.6. The summed E-state index contributed by atoms with van der Waals surface area (Å²) in [5, 5.41) is 22.1. The van der Waals surface area contributed by atoms with Crippen LogP contribution in [0, 0.1) is 0 Å². The minimum Gasteiger partial charge on any atom is -0.507 e. The largest absolute Gasteiger partial charge is 0.507 e. The van der Waals surface area contributed by atoms with Crippen LogP contribution in [-0.2, 0) is 19.1 Å². The fraction of sp³-hybridized carbons (Fsp3) is 0.207. The molecule has 1 aromatic heterocycles. The average molecular weight is 580 g/mol. The lowest BCUT2D eigenvalue weighted by molar-refractivity contribution is -0.142. The Balaban J connectivity index is 1.66. The molecule has 41 heavy (non-hydrogen) atoms. The summed E-state index contributed by atoms with van der Waals surface area (Å²) in [7, 11) is 0. The molecule has 0 unspecified atom stereocenters. The van der Waals surface area contributed by atoms with Gasteiger partial charge in [0, 0.05) is 36.6 Å². The third-order valence-corrected chi connectivity index (χ3v) is 5.72. The van der Waals surface area contributed by atoms with E-state index < -0.39 is 11.9 Å². The molecule has 12 heteroatoms. The lowest BCUT2D eigenvalue weighted by Crippen LogP contribution is -2.09. The standard InChI is InChI=1S/C29H26ClN3O8/c1-17(34)38-11-13-40-21-7-9-23(25(36)15-21)28-31-27(19-3-5-20(30)6-4-19)32-29(33-28)24-10-8-22(16-26(24)37)41-14-12-39-18(2)35/h3-10,15-16,36-37H,11-14H2,1-2H3. The number of phenols is 2. The zero-order chi connectivity index (χ0) is 29.4. The van der Waals surface area contributed by atoms with Crippen LogP contribution in [0.1, 0.15) is 13.8 Å². The van der Waals surface area contributed by atoms with E-state index >= 15 is 0 Å². The van der Waals surface area contributed by atoms with Crippen LogP contribution < -0.4 is 9.47 Å². The maximum atomic E-state index is 10.9. The van der Waals surface area contributed by atoms with E-state index in [0.717, 1.165) is 0 Å². The monoisotopic (exact) mass is 579 g/mol. The Labute approximate surface area is 240 Å². The summed E-state index contributed by atoms with van der Waals surface area (Å²) < 4.78 is 20.7. The molecule has 0 aliphatic heterocycles. The number of phenolic OH excluding ortho intramolecular Hbond substituents is 2. The summed E-state index contributed by atoms with van der Waals surface area (Å²) in [5.41, 5.74) is 1.22. The van der Waals surface area contributed by atoms with Gasteiger partial charge in [0.1, 0.15) is 49.4 Å². The first-order valence-corrected chi connectivity index (χ1v) is 12.8. The molecule has 1 heterocycles. The van der Waals surface area contributed by atoms with Gasteiger partial charge in [0.2, 0.25) is 0 Å². The highest BCUT2D eigenvalue weighted by Gasteiger charge is 2.18. The molecule has 0 fully saturated rings. The van der Waals surface area contributed by atoms with Crippen molar-refractivity contribution in [2.75, 3.05) is 26.4 Å². The Kier molecular flexibility index (Phi) is 9.54. The van der Waals surface area contributed by atoms with Gasteiger partial charge >= 0.3 is 11.9 Å². The first-order chi connectivity index (χ1) is 19.7. The van der Waals surface area contributed by atoms with E-state index in [1.165, 1.54) is 26.0 Å². The van der Waals surface area contributed by atoms with E-state index in [2.05, 4.69) is 15.0 Å². The lowest BCUT2D eigenvalue weighted by atomic mass is 10.1. The molecular weight excluding hydrogens is 554 g/mol. The second kappa shape index (κ2) is 13.4. The van der Waals surface area contributed by atoms with Crippen molar-refractivity contribution in [3.8, 4) is 57.2 Å². The summed E-state index contributed by atoms with van der Waals surface area (Å²) in [6.45, 7) is 2.96. The highest BCUT2D eigenvalue weighted by Crippen LogP contribution is 2.35. The molecule has 3 aromatic carbocycles. The number of carbonyl (C=O) groups is 2. The van der Waals surface area contributed by atoms with Crippen molar-refractivity contribution in [1.29, 1.82) is 0 Å². The molecule has 2 N–H and O–H groups in total. The topological polar surface area (TPSA) is 150 Å². The van der Waals surface area contributed by atoms with Gasteiger partial charge in [-0.2, -0.15) is 0 Å². The van der Waals surface area contributed by atoms with E-state index in [1.54, 1.807) is 48.5 Å². The number of rotatable bonds is 11. The quantitative estimate of drug-likeness (QED) is 0.186. The van der Waals surface area contributed by atoms with Crippen molar-refractivity contribution in [1.82, 2.24) is 15.0 Å². The van der Waals surface area contributed by atoms with Crippen LogP contribution in [0.2, 0.25) is 5.02 Å². The van der Waals surface area contributed by atoms with Gasteiger partial charge < -0.3 is 29.2 Å². The molecule has 0 aliphatic rings. The third-order valence-electron chi connectivity index (χ3n) is 5.47. The summed E-state index contributed by atoms with van der Waals surface area (Å²) in [6, 6.07) is 16.1. The molecule has 212 valence electrons. The van der Waals surface area contributed by atoms with Gasteiger partial charge in [-0.1, -0.05) is 11.6 Å². The Bertz CT molecular complexity index is 1460. The second-order valence-corrected chi connectivity index (χ2v) is 8.98. The predicted octanol–water partition coefficient (Wildman–Crippen LogP) is 4.82. The number of hydrogen-bond donors (Lipinski definition) is 2. The Morgan fingerprint density at radius 2 is 1.10 bits per heavy atom. The summed E-state index contributed by atoms with van der Waals surface area (Å²) in [4.78, 5) is 35.5. The number of benzene rings is 3. The number of hydrogen-bond acceptors (Lipinski definition) is 11. The van der Waals surface area contributed by atoms with Gasteiger partial charge in [-0.3, -0.25) is 9.59 Å². The second-order valence-electron chi connectivity index (χ2n) is 8.55. The molecule has 0 bridgehead atoms. The zero-order valence-electron chi connectivity index (χ0n) is 22.2. The number of aromatic nitrogens is 3. The van der Waals surface area contributed by atoms with Crippen LogP contribution in [0.3, 0.4) is 0 Å². The minimum atomic E-state index is -0.415. The van der Waals surface area contributed by atoms with E-state index in [1.807, 2.05) is 0 Å². The number of halogens is 1.